The van der Waals surface area contributed by atoms with Crippen molar-refractivity contribution in [3.05, 3.63) is 34.6 Å². The van der Waals surface area contributed by atoms with Crippen LogP contribution in [0.3, 0.4) is 0 Å². The molecule has 1 N–H and O–H groups in total. The monoisotopic (exact) mass is 409 g/mol. The second-order valence-electron chi connectivity index (χ2n) is 6.62. The molecule has 0 saturated carbocycles. The number of nitrogens with one attached hydrogen (secondary N) is 1. The van der Waals surface area contributed by atoms with Crippen molar-refractivity contribution in [2.45, 2.75) is 45.3 Å². The van der Waals surface area contributed by atoms with Gasteiger partial charge in [0, 0.05) is 6.07 Å². The molecule has 1 fully saturated rings. The number of carbonyl (C=O) groups is 1. The third kappa shape index (κ3) is 5.62. The minimum atomic E-state index is -0.357. The van der Waals surface area contributed by atoms with Crippen LogP contribution in [0.2, 0.25) is 0 Å². The maximum atomic E-state index is 13.5. The Kier molecular flexibility index (Phi) is 7.16. The van der Waals surface area contributed by atoms with Gasteiger partial charge in [0.1, 0.15) is 22.7 Å². The first-order chi connectivity index (χ1) is 13.5. The number of rotatable bonds is 8. The van der Waals surface area contributed by atoms with E-state index in [-0.39, 0.29) is 30.5 Å². The van der Waals surface area contributed by atoms with Gasteiger partial charge in [-0.3, -0.25) is 4.79 Å². The smallest absolute Gasteiger partial charge is 0.294 e. The largest absolute Gasteiger partial charge is 0.484 e. The predicted octanol–water partition coefficient (Wildman–Crippen LogP) is 3.19. The van der Waals surface area contributed by atoms with E-state index in [1.54, 1.807) is 19.1 Å². The van der Waals surface area contributed by atoms with Gasteiger partial charge in [-0.1, -0.05) is 29.4 Å². The minimum absolute atomic E-state index is 0.0918. The van der Waals surface area contributed by atoms with Gasteiger partial charge >= 0.3 is 0 Å². The van der Waals surface area contributed by atoms with Crippen molar-refractivity contribution in [1.29, 1.82) is 0 Å². The number of ether oxygens (including phenoxy) is 3. The summed E-state index contributed by atoms with van der Waals surface area (Å²) < 4.78 is 30.2. The fourth-order valence-electron chi connectivity index (χ4n) is 2.74. The van der Waals surface area contributed by atoms with Crippen LogP contribution < -0.4 is 14.8 Å². The van der Waals surface area contributed by atoms with Crippen LogP contribution in [0.15, 0.2) is 18.2 Å². The van der Waals surface area contributed by atoms with Crippen LogP contribution in [0.4, 0.5) is 4.39 Å². The highest BCUT2D eigenvalue weighted by Crippen LogP contribution is 2.32. The number of hydrogen-bond acceptors (Lipinski definition) is 7. The Balaban J connectivity index is 1.40. The summed E-state index contributed by atoms with van der Waals surface area (Å²) in [6.45, 7) is 4.54. The first-order valence-electron chi connectivity index (χ1n) is 9.31. The molecule has 1 aliphatic heterocycles. The summed E-state index contributed by atoms with van der Waals surface area (Å²) >= 11 is 1.39. The maximum absolute atomic E-state index is 13.5. The first-order valence-corrected chi connectivity index (χ1v) is 10.1. The van der Waals surface area contributed by atoms with Crippen molar-refractivity contribution in [2.75, 3.05) is 19.8 Å². The highest BCUT2D eigenvalue weighted by molar-refractivity contribution is 7.13. The van der Waals surface area contributed by atoms with E-state index in [0.29, 0.717) is 29.7 Å². The van der Waals surface area contributed by atoms with E-state index >= 15 is 0 Å². The van der Waals surface area contributed by atoms with Gasteiger partial charge in [-0.05, 0) is 37.8 Å². The second-order valence-corrected chi connectivity index (χ2v) is 7.59. The molecule has 28 heavy (non-hydrogen) atoms. The van der Waals surface area contributed by atoms with Crippen LogP contribution in [-0.2, 0) is 9.53 Å². The second kappa shape index (κ2) is 9.79. The lowest BCUT2D eigenvalue weighted by Crippen LogP contribution is -2.43. The molecule has 152 valence electrons. The number of aryl methyl sites for hydroxylation is 1. The topological polar surface area (TPSA) is 82.6 Å². The van der Waals surface area contributed by atoms with Gasteiger partial charge in [0.25, 0.3) is 11.1 Å². The molecule has 0 unspecified atom stereocenters. The van der Waals surface area contributed by atoms with Crippen LogP contribution in [0.5, 0.6) is 10.9 Å². The Hall–Kier alpha value is -2.26. The number of nitrogens with zero attached hydrogens (tertiary/aromatic N) is 2. The fourth-order valence-corrected chi connectivity index (χ4v) is 3.54. The molecule has 1 aromatic carbocycles. The number of halogens is 1. The number of hydrogen-bond donors (Lipinski definition) is 1. The predicted molar refractivity (Wildman–Crippen MR) is 102 cm³/mol. The molecule has 1 saturated heterocycles. The van der Waals surface area contributed by atoms with E-state index in [2.05, 4.69) is 15.5 Å². The summed E-state index contributed by atoms with van der Waals surface area (Å²) in [6.07, 6.45) is 2.28. The molecule has 0 bridgehead atoms. The number of benzene rings is 1. The average molecular weight is 409 g/mol. The highest BCUT2D eigenvalue weighted by Gasteiger charge is 2.27. The minimum Gasteiger partial charge on any atom is -0.484 e. The molecule has 1 amide bonds. The molecule has 0 aliphatic carbocycles. The molecule has 0 radical (unpaired) electrons. The lowest BCUT2D eigenvalue weighted by Gasteiger charge is -2.28. The van der Waals surface area contributed by atoms with E-state index < -0.39 is 0 Å². The van der Waals surface area contributed by atoms with Crippen LogP contribution in [0.25, 0.3) is 0 Å². The summed E-state index contributed by atoms with van der Waals surface area (Å²) in [6, 6.07) is 4.44. The molecular weight excluding hydrogens is 385 g/mol. The van der Waals surface area contributed by atoms with Crippen molar-refractivity contribution in [2.24, 2.45) is 0 Å². The van der Waals surface area contributed by atoms with Gasteiger partial charge in [0.15, 0.2) is 6.61 Å². The van der Waals surface area contributed by atoms with Gasteiger partial charge in [-0.2, -0.15) is 0 Å². The summed E-state index contributed by atoms with van der Waals surface area (Å²) in [7, 11) is 0. The van der Waals surface area contributed by atoms with Crippen molar-refractivity contribution < 1.29 is 23.4 Å². The van der Waals surface area contributed by atoms with Gasteiger partial charge in [-0.15, -0.1) is 5.10 Å². The standard InChI is InChI=1S/C19H24FN3O4S/c1-3-8-25-19-23-22-18(28-19)16-7-5-13(10-27-16)21-17(24)11-26-14-6-4-12(2)15(20)9-14/h4,6,9,13,16H,3,5,7-8,10-11H2,1-2H3,(H,21,24)/t13-,16+/m0/s1. The summed E-state index contributed by atoms with van der Waals surface area (Å²) in [5.41, 5.74) is 0.533. The normalized spacial score (nSPS) is 19.2. The molecular formula is C19H24FN3O4S. The van der Waals surface area contributed by atoms with E-state index in [0.717, 1.165) is 24.3 Å². The Labute approximate surface area is 167 Å². The Morgan fingerprint density at radius 1 is 1.36 bits per heavy atom. The molecule has 0 spiro atoms. The van der Waals surface area contributed by atoms with Crippen molar-refractivity contribution in [3.63, 3.8) is 0 Å². The quantitative estimate of drug-likeness (QED) is 0.721. The van der Waals surface area contributed by atoms with Crippen LogP contribution in [0.1, 0.15) is 42.9 Å². The maximum Gasteiger partial charge on any atom is 0.294 e. The molecule has 2 aromatic rings. The van der Waals surface area contributed by atoms with Crippen LogP contribution in [0, 0.1) is 12.7 Å². The molecule has 7 nitrogen and oxygen atoms in total. The van der Waals surface area contributed by atoms with Crippen molar-refractivity contribution in [1.82, 2.24) is 15.5 Å². The van der Waals surface area contributed by atoms with Gasteiger partial charge in [0.2, 0.25) is 0 Å². The SMILES string of the molecule is CCCOc1nnc([C@H]2CC[C@H](NC(=O)COc3ccc(C)c(F)c3)CO2)s1. The lowest BCUT2D eigenvalue weighted by atomic mass is 10.1. The van der Waals surface area contributed by atoms with Gasteiger partial charge < -0.3 is 19.5 Å². The van der Waals surface area contributed by atoms with Crippen LogP contribution >= 0.6 is 11.3 Å². The Morgan fingerprint density at radius 3 is 2.93 bits per heavy atom. The number of amides is 1. The van der Waals surface area contributed by atoms with E-state index in [9.17, 15) is 9.18 Å². The molecule has 2 heterocycles. The number of carbonyl (C=O) groups excluding carboxylic acids is 1. The van der Waals surface area contributed by atoms with Crippen molar-refractivity contribution >= 4 is 17.2 Å². The summed E-state index contributed by atoms with van der Waals surface area (Å²) in [5, 5.41) is 12.4. The molecule has 1 aromatic heterocycles. The molecule has 9 heteroatoms. The average Bonchev–Trinajstić information content (AvgIpc) is 3.17. The van der Waals surface area contributed by atoms with Crippen LogP contribution in [-0.4, -0.2) is 42.0 Å². The molecule has 3 rings (SSSR count). The number of aromatic nitrogens is 2. The zero-order chi connectivity index (χ0) is 19.9. The Morgan fingerprint density at radius 2 is 2.21 bits per heavy atom. The molecule has 1 aliphatic rings. The van der Waals surface area contributed by atoms with E-state index in [1.165, 1.54) is 17.4 Å². The highest BCUT2D eigenvalue weighted by atomic mass is 32.1. The molecule has 2 atom stereocenters. The Bertz CT molecular complexity index is 793. The zero-order valence-corrected chi connectivity index (χ0v) is 16.8. The lowest BCUT2D eigenvalue weighted by molar-refractivity contribution is -0.125. The summed E-state index contributed by atoms with van der Waals surface area (Å²) in [5.74, 6) is -0.292. The third-order valence-corrected chi connectivity index (χ3v) is 5.21. The third-order valence-electron chi connectivity index (χ3n) is 4.28. The van der Waals surface area contributed by atoms with Gasteiger partial charge in [0.05, 0.1) is 19.3 Å². The zero-order valence-electron chi connectivity index (χ0n) is 15.9. The van der Waals surface area contributed by atoms with Crippen molar-refractivity contribution in [3.8, 4) is 10.9 Å². The summed E-state index contributed by atoms with van der Waals surface area (Å²) in [4.78, 5) is 12.1. The fraction of sp³-hybridized carbons (Fsp3) is 0.526. The first kappa shape index (κ1) is 20.5. The van der Waals surface area contributed by atoms with E-state index in [1.807, 2.05) is 6.92 Å². The van der Waals surface area contributed by atoms with Gasteiger partial charge in [-0.25, -0.2) is 4.39 Å². The van der Waals surface area contributed by atoms with E-state index in [4.69, 9.17) is 14.2 Å².